The maximum absolute atomic E-state index is 12.0. The molecule has 18 heavy (non-hydrogen) atoms. The van der Waals surface area contributed by atoms with Gasteiger partial charge in [-0.05, 0) is 31.6 Å². The molecule has 0 spiro atoms. The van der Waals surface area contributed by atoms with Crippen LogP contribution in [-0.4, -0.2) is 31.2 Å². The lowest BCUT2D eigenvalue weighted by molar-refractivity contribution is -0.124. The van der Waals surface area contributed by atoms with E-state index in [1.165, 1.54) is 12.8 Å². The molecule has 1 heterocycles. The molecule has 4 nitrogen and oxygen atoms in total. The number of ether oxygens (including phenoxy) is 1. The summed E-state index contributed by atoms with van der Waals surface area (Å²) in [5.41, 5.74) is 5.72. The van der Waals surface area contributed by atoms with E-state index < -0.39 is 0 Å². The molecule has 3 N–H and O–H groups in total. The molecule has 2 fully saturated rings. The molecule has 0 bridgehead atoms. The van der Waals surface area contributed by atoms with Crippen LogP contribution in [0.25, 0.3) is 0 Å². The number of carbonyl (C=O) groups excluding carboxylic acids is 1. The number of halogens is 1. The molecule has 1 aliphatic carbocycles. The van der Waals surface area contributed by atoms with Crippen molar-refractivity contribution >= 4 is 18.3 Å². The van der Waals surface area contributed by atoms with Crippen molar-refractivity contribution in [2.45, 2.75) is 50.5 Å². The van der Waals surface area contributed by atoms with E-state index in [1.54, 1.807) is 0 Å². The van der Waals surface area contributed by atoms with Crippen LogP contribution in [0, 0.1) is 5.92 Å². The van der Waals surface area contributed by atoms with Crippen molar-refractivity contribution in [1.82, 2.24) is 5.32 Å². The zero-order chi connectivity index (χ0) is 12.1. The number of hydrogen-bond donors (Lipinski definition) is 2. The smallest absolute Gasteiger partial charge is 0.220 e. The first-order valence-electron chi connectivity index (χ1n) is 6.83. The molecule has 1 aliphatic heterocycles. The molecule has 0 aromatic heterocycles. The van der Waals surface area contributed by atoms with Crippen LogP contribution in [0.15, 0.2) is 0 Å². The predicted molar refractivity (Wildman–Crippen MR) is 73.8 cm³/mol. The van der Waals surface area contributed by atoms with Gasteiger partial charge >= 0.3 is 0 Å². The third-order valence-corrected chi connectivity index (χ3v) is 4.17. The van der Waals surface area contributed by atoms with Crippen molar-refractivity contribution in [1.29, 1.82) is 0 Å². The summed E-state index contributed by atoms with van der Waals surface area (Å²) in [5, 5.41) is 3.18. The van der Waals surface area contributed by atoms with E-state index in [0.29, 0.717) is 18.9 Å². The van der Waals surface area contributed by atoms with Crippen LogP contribution in [0.1, 0.15) is 44.9 Å². The third-order valence-electron chi connectivity index (χ3n) is 4.17. The maximum Gasteiger partial charge on any atom is 0.220 e. The minimum atomic E-state index is -0.0950. The van der Waals surface area contributed by atoms with Gasteiger partial charge in [0.15, 0.2) is 0 Å². The predicted octanol–water partition coefficient (Wildman–Crippen LogP) is 1.61. The van der Waals surface area contributed by atoms with E-state index >= 15 is 0 Å². The van der Waals surface area contributed by atoms with Crippen LogP contribution in [0.5, 0.6) is 0 Å². The molecule has 0 aromatic carbocycles. The molecule has 0 radical (unpaired) electrons. The van der Waals surface area contributed by atoms with Gasteiger partial charge in [0.05, 0.1) is 5.54 Å². The van der Waals surface area contributed by atoms with E-state index in [-0.39, 0.29) is 23.9 Å². The summed E-state index contributed by atoms with van der Waals surface area (Å²) in [6, 6.07) is 0. The second-order valence-corrected chi connectivity index (χ2v) is 5.50. The highest BCUT2D eigenvalue weighted by Crippen LogP contribution is 2.29. The zero-order valence-corrected chi connectivity index (χ0v) is 11.8. The summed E-state index contributed by atoms with van der Waals surface area (Å²) >= 11 is 0. The topological polar surface area (TPSA) is 64.3 Å². The summed E-state index contributed by atoms with van der Waals surface area (Å²) in [6.45, 7) is 2.19. The summed E-state index contributed by atoms with van der Waals surface area (Å²) in [6.07, 6.45) is 7.15. The monoisotopic (exact) mass is 276 g/mol. The summed E-state index contributed by atoms with van der Waals surface area (Å²) < 4.78 is 5.30. The number of nitrogens with two attached hydrogens (primary N) is 1. The van der Waals surface area contributed by atoms with Gasteiger partial charge in [-0.25, -0.2) is 0 Å². The number of nitrogens with one attached hydrogen (secondary N) is 1. The van der Waals surface area contributed by atoms with Gasteiger partial charge in [0, 0.05) is 26.2 Å². The van der Waals surface area contributed by atoms with Gasteiger partial charge in [0.25, 0.3) is 0 Å². The molecule has 106 valence electrons. The Morgan fingerprint density at radius 3 is 2.44 bits per heavy atom. The van der Waals surface area contributed by atoms with Crippen LogP contribution < -0.4 is 11.1 Å². The highest BCUT2D eigenvalue weighted by molar-refractivity contribution is 5.85. The molecule has 0 unspecified atom stereocenters. The Morgan fingerprint density at radius 2 is 1.89 bits per heavy atom. The molecule has 0 atom stereocenters. The van der Waals surface area contributed by atoms with Crippen molar-refractivity contribution in [3.63, 3.8) is 0 Å². The van der Waals surface area contributed by atoms with Crippen molar-refractivity contribution < 1.29 is 9.53 Å². The average Bonchev–Trinajstić information content (AvgIpc) is 2.79. The van der Waals surface area contributed by atoms with E-state index in [4.69, 9.17) is 10.5 Å². The van der Waals surface area contributed by atoms with Crippen LogP contribution in [-0.2, 0) is 9.53 Å². The average molecular weight is 277 g/mol. The molecule has 1 saturated carbocycles. The van der Waals surface area contributed by atoms with Crippen LogP contribution in [0.3, 0.4) is 0 Å². The fourth-order valence-electron chi connectivity index (χ4n) is 2.99. The van der Waals surface area contributed by atoms with Gasteiger partial charge in [-0.2, -0.15) is 0 Å². The summed E-state index contributed by atoms with van der Waals surface area (Å²) in [4.78, 5) is 12.0. The quantitative estimate of drug-likeness (QED) is 0.820. The highest BCUT2D eigenvalue weighted by Gasteiger charge is 2.34. The highest BCUT2D eigenvalue weighted by atomic mass is 35.5. The van der Waals surface area contributed by atoms with Crippen LogP contribution >= 0.6 is 12.4 Å². The Labute approximate surface area is 115 Å². The Hall–Kier alpha value is -0.320. The summed E-state index contributed by atoms with van der Waals surface area (Å²) in [7, 11) is 0. The van der Waals surface area contributed by atoms with E-state index in [2.05, 4.69) is 5.32 Å². The number of carbonyl (C=O) groups is 1. The fraction of sp³-hybridized carbons (Fsp3) is 0.923. The Balaban J connectivity index is 0.00000162. The van der Waals surface area contributed by atoms with E-state index in [0.717, 1.165) is 38.9 Å². The number of hydrogen-bond acceptors (Lipinski definition) is 3. The molecule has 1 saturated heterocycles. The standard InChI is InChI=1S/C13H24N2O2.ClH/c14-10-13(5-1-2-6-13)15-12(16)9-11-3-7-17-8-4-11;/h11H,1-10,14H2,(H,15,16);1H. The second-order valence-electron chi connectivity index (χ2n) is 5.50. The van der Waals surface area contributed by atoms with E-state index in [1.807, 2.05) is 0 Å². The third kappa shape index (κ3) is 4.11. The zero-order valence-electron chi connectivity index (χ0n) is 11.0. The summed E-state index contributed by atoms with van der Waals surface area (Å²) in [5.74, 6) is 0.684. The lowest BCUT2D eigenvalue weighted by Crippen LogP contribution is -2.52. The van der Waals surface area contributed by atoms with Gasteiger partial charge < -0.3 is 15.8 Å². The van der Waals surface area contributed by atoms with Crippen molar-refractivity contribution in [2.24, 2.45) is 11.7 Å². The van der Waals surface area contributed by atoms with Crippen molar-refractivity contribution in [3.05, 3.63) is 0 Å². The van der Waals surface area contributed by atoms with Crippen molar-refractivity contribution in [3.8, 4) is 0 Å². The van der Waals surface area contributed by atoms with Crippen LogP contribution in [0.4, 0.5) is 0 Å². The largest absolute Gasteiger partial charge is 0.381 e. The van der Waals surface area contributed by atoms with Gasteiger partial charge in [-0.1, -0.05) is 12.8 Å². The first kappa shape index (κ1) is 15.7. The van der Waals surface area contributed by atoms with Crippen LogP contribution in [0.2, 0.25) is 0 Å². The van der Waals surface area contributed by atoms with Gasteiger partial charge in [-0.3, -0.25) is 4.79 Å². The maximum atomic E-state index is 12.0. The van der Waals surface area contributed by atoms with Crippen molar-refractivity contribution in [2.75, 3.05) is 19.8 Å². The number of rotatable bonds is 4. The van der Waals surface area contributed by atoms with Gasteiger partial charge in [0.2, 0.25) is 5.91 Å². The molecule has 2 rings (SSSR count). The lowest BCUT2D eigenvalue weighted by Gasteiger charge is -2.30. The minimum absolute atomic E-state index is 0. The molecular formula is C13H25ClN2O2. The first-order chi connectivity index (χ1) is 8.24. The molecule has 1 amide bonds. The number of amides is 1. The first-order valence-corrected chi connectivity index (χ1v) is 6.83. The second kappa shape index (κ2) is 7.31. The van der Waals surface area contributed by atoms with Gasteiger partial charge in [-0.15, -0.1) is 12.4 Å². The molecule has 5 heteroatoms. The normalized spacial score (nSPS) is 23.4. The van der Waals surface area contributed by atoms with Gasteiger partial charge in [0.1, 0.15) is 0 Å². The molecular weight excluding hydrogens is 252 g/mol. The van der Waals surface area contributed by atoms with E-state index in [9.17, 15) is 4.79 Å². The molecule has 2 aliphatic rings. The fourth-order valence-corrected chi connectivity index (χ4v) is 2.99. The minimum Gasteiger partial charge on any atom is -0.381 e. The lowest BCUT2D eigenvalue weighted by atomic mass is 9.93. The molecule has 0 aromatic rings. The SMILES string of the molecule is Cl.NCC1(NC(=O)CC2CCOCC2)CCCC1. The Kier molecular flexibility index (Phi) is 6.39. The Bertz CT molecular complexity index is 262. The Morgan fingerprint density at radius 1 is 1.28 bits per heavy atom.